The molecule has 0 spiro atoms. The molecule has 1 aromatic heterocycles. The van der Waals surface area contributed by atoms with Gasteiger partial charge in [-0.25, -0.2) is 9.97 Å². The number of aromatic nitrogens is 2. The molecule has 0 atom stereocenters. The summed E-state index contributed by atoms with van der Waals surface area (Å²) in [6.07, 6.45) is 2.15. The zero-order valence-electron chi connectivity index (χ0n) is 11.2. The van der Waals surface area contributed by atoms with Crippen LogP contribution in [0.25, 0.3) is 0 Å². The Morgan fingerprint density at radius 2 is 2.11 bits per heavy atom. The maximum Gasteiger partial charge on any atom is 0.227 e. The van der Waals surface area contributed by atoms with E-state index in [1.807, 2.05) is 20.8 Å². The number of halogens is 1. The summed E-state index contributed by atoms with van der Waals surface area (Å²) in [6.45, 7) is 6.20. The molecule has 0 unspecified atom stereocenters. The molecule has 0 aliphatic carbocycles. The third-order valence-corrected chi connectivity index (χ3v) is 3.11. The van der Waals surface area contributed by atoms with Crippen molar-refractivity contribution in [2.45, 2.75) is 27.2 Å². The Hall–Kier alpha value is -1.36. The highest BCUT2D eigenvalue weighted by atomic mass is 35.5. The van der Waals surface area contributed by atoms with Crippen molar-refractivity contribution < 1.29 is 4.79 Å². The van der Waals surface area contributed by atoms with E-state index >= 15 is 0 Å². The first-order chi connectivity index (χ1) is 8.42. The number of hydrogen-bond acceptors (Lipinski definition) is 4. The van der Waals surface area contributed by atoms with Crippen molar-refractivity contribution in [2.75, 3.05) is 18.9 Å². The van der Waals surface area contributed by atoms with E-state index in [-0.39, 0.29) is 5.91 Å². The van der Waals surface area contributed by atoms with Crippen LogP contribution in [-0.2, 0) is 11.2 Å². The lowest BCUT2D eigenvalue weighted by molar-refractivity contribution is -0.128. The molecule has 100 valence electrons. The average molecular weight is 271 g/mol. The van der Waals surface area contributed by atoms with Crippen molar-refractivity contribution in [1.29, 1.82) is 0 Å². The van der Waals surface area contributed by atoms with E-state index in [1.165, 1.54) is 6.33 Å². The average Bonchev–Trinajstić information content (AvgIpc) is 2.35. The molecule has 1 aromatic rings. The molecule has 0 radical (unpaired) electrons. The number of nitrogens with zero attached hydrogens (tertiary/aromatic N) is 2. The maximum atomic E-state index is 11.7. The molecule has 1 rings (SSSR count). The second-order valence-electron chi connectivity index (χ2n) is 4.66. The normalized spacial score (nSPS) is 11.2. The van der Waals surface area contributed by atoms with Crippen LogP contribution in [0.2, 0.25) is 5.15 Å². The predicted octanol–water partition coefficient (Wildman–Crippen LogP) is 1.88. The van der Waals surface area contributed by atoms with Gasteiger partial charge < -0.3 is 10.6 Å². The molecule has 18 heavy (non-hydrogen) atoms. The van der Waals surface area contributed by atoms with Crippen LogP contribution < -0.4 is 10.6 Å². The van der Waals surface area contributed by atoms with Crippen molar-refractivity contribution in [2.24, 2.45) is 5.41 Å². The fraction of sp³-hybridized carbons (Fsp3) is 0.583. The van der Waals surface area contributed by atoms with Gasteiger partial charge in [0.2, 0.25) is 5.91 Å². The fourth-order valence-corrected chi connectivity index (χ4v) is 1.85. The van der Waals surface area contributed by atoms with Crippen molar-refractivity contribution in [3.05, 3.63) is 17.0 Å². The van der Waals surface area contributed by atoms with E-state index in [9.17, 15) is 4.79 Å². The molecular weight excluding hydrogens is 252 g/mol. The zero-order valence-corrected chi connectivity index (χ0v) is 11.9. The molecule has 0 fully saturated rings. The number of nitrogens with one attached hydrogen (secondary N) is 2. The molecule has 0 saturated carbocycles. The second-order valence-corrected chi connectivity index (χ2v) is 5.02. The van der Waals surface area contributed by atoms with E-state index in [2.05, 4.69) is 20.6 Å². The zero-order chi connectivity index (χ0) is 13.8. The molecular formula is C12H19ClN4O. The highest BCUT2D eigenvalue weighted by molar-refractivity contribution is 6.30. The van der Waals surface area contributed by atoms with Gasteiger partial charge >= 0.3 is 0 Å². The van der Waals surface area contributed by atoms with Crippen LogP contribution in [0.5, 0.6) is 0 Å². The van der Waals surface area contributed by atoms with Crippen molar-refractivity contribution in [1.82, 2.24) is 15.3 Å². The molecule has 2 N–H and O–H groups in total. The number of carbonyl (C=O) groups excluding carboxylic acids is 1. The number of rotatable bonds is 5. The van der Waals surface area contributed by atoms with Gasteiger partial charge in [-0.15, -0.1) is 0 Å². The first-order valence-corrected chi connectivity index (χ1v) is 6.25. The van der Waals surface area contributed by atoms with Crippen LogP contribution in [0, 0.1) is 5.41 Å². The number of amides is 1. The van der Waals surface area contributed by atoms with Crippen LogP contribution in [0.3, 0.4) is 0 Å². The quantitative estimate of drug-likeness (QED) is 0.802. The standard InChI is InChI=1S/C12H19ClN4O/c1-5-8-9(13)16-7-17-10(8)15-6-12(2,3)11(18)14-4/h7H,5-6H2,1-4H3,(H,14,18)(H,15,16,17). The van der Waals surface area contributed by atoms with Gasteiger partial charge in [0.1, 0.15) is 17.3 Å². The molecule has 5 nitrogen and oxygen atoms in total. The Labute approximate surface area is 112 Å². The lowest BCUT2D eigenvalue weighted by Gasteiger charge is -2.23. The van der Waals surface area contributed by atoms with Crippen molar-refractivity contribution in [3.8, 4) is 0 Å². The van der Waals surface area contributed by atoms with Gasteiger partial charge in [-0.1, -0.05) is 18.5 Å². The molecule has 1 amide bonds. The van der Waals surface area contributed by atoms with Crippen molar-refractivity contribution >= 4 is 23.3 Å². The smallest absolute Gasteiger partial charge is 0.227 e. The van der Waals surface area contributed by atoms with Gasteiger partial charge in [-0.05, 0) is 20.3 Å². The molecule has 0 aliphatic rings. The molecule has 6 heteroatoms. The van der Waals surface area contributed by atoms with Crippen LogP contribution >= 0.6 is 11.6 Å². The van der Waals surface area contributed by atoms with Gasteiger partial charge in [-0.3, -0.25) is 4.79 Å². The van der Waals surface area contributed by atoms with Crippen LogP contribution in [0.15, 0.2) is 6.33 Å². The summed E-state index contributed by atoms with van der Waals surface area (Å²) in [5.41, 5.74) is 0.351. The lowest BCUT2D eigenvalue weighted by Crippen LogP contribution is -2.39. The monoisotopic (exact) mass is 270 g/mol. The van der Waals surface area contributed by atoms with E-state index in [1.54, 1.807) is 7.05 Å². The summed E-state index contributed by atoms with van der Waals surface area (Å²) in [6, 6.07) is 0. The summed E-state index contributed by atoms with van der Waals surface area (Å²) >= 11 is 6.00. The predicted molar refractivity (Wildman–Crippen MR) is 72.8 cm³/mol. The van der Waals surface area contributed by atoms with Gasteiger partial charge in [0, 0.05) is 19.2 Å². The first kappa shape index (κ1) is 14.7. The molecule has 0 bridgehead atoms. The molecule has 0 aliphatic heterocycles. The number of hydrogen-bond donors (Lipinski definition) is 2. The van der Waals surface area contributed by atoms with E-state index in [0.717, 1.165) is 12.0 Å². The minimum Gasteiger partial charge on any atom is -0.369 e. The highest BCUT2D eigenvalue weighted by Crippen LogP contribution is 2.22. The Balaban J connectivity index is 2.81. The highest BCUT2D eigenvalue weighted by Gasteiger charge is 2.26. The Morgan fingerprint density at radius 3 is 2.67 bits per heavy atom. The largest absolute Gasteiger partial charge is 0.369 e. The fourth-order valence-electron chi connectivity index (χ4n) is 1.58. The minimum absolute atomic E-state index is 0.0202. The molecule has 0 aromatic carbocycles. The Bertz CT molecular complexity index is 434. The third-order valence-electron chi connectivity index (χ3n) is 2.79. The summed E-state index contributed by atoms with van der Waals surface area (Å²) < 4.78 is 0. The second kappa shape index (κ2) is 6.00. The number of carbonyl (C=O) groups is 1. The molecule has 0 saturated heterocycles. The number of anilines is 1. The SMILES string of the molecule is CCc1c(Cl)ncnc1NCC(C)(C)C(=O)NC. The lowest BCUT2D eigenvalue weighted by atomic mass is 9.92. The van der Waals surface area contributed by atoms with E-state index in [4.69, 9.17) is 11.6 Å². The Kier molecular flexibility index (Phi) is 4.90. The summed E-state index contributed by atoms with van der Waals surface area (Å²) in [5, 5.41) is 6.26. The van der Waals surface area contributed by atoms with Crippen LogP contribution in [-0.4, -0.2) is 29.5 Å². The van der Waals surface area contributed by atoms with Gasteiger partial charge in [0.25, 0.3) is 0 Å². The summed E-state index contributed by atoms with van der Waals surface area (Å²) in [5.74, 6) is 0.669. The van der Waals surface area contributed by atoms with Crippen molar-refractivity contribution in [3.63, 3.8) is 0 Å². The van der Waals surface area contributed by atoms with Crippen LogP contribution in [0.1, 0.15) is 26.3 Å². The van der Waals surface area contributed by atoms with Gasteiger partial charge in [0.15, 0.2) is 0 Å². The van der Waals surface area contributed by atoms with Crippen LogP contribution in [0.4, 0.5) is 5.82 Å². The topological polar surface area (TPSA) is 66.9 Å². The molecule has 1 heterocycles. The van der Waals surface area contributed by atoms with E-state index < -0.39 is 5.41 Å². The third kappa shape index (κ3) is 3.32. The van der Waals surface area contributed by atoms with Gasteiger partial charge in [-0.2, -0.15) is 0 Å². The minimum atomic E-state index is -0.517. The summed E-state index contributed by atoms with van der Waals surface area (Å²) in [7, 11) is 1.63. The first-order valence-electron chi connectivity index (χ1n) is 5.87. The van der Waals surface area contributed by atoms with E-state index in [0.29, 0.717) is 17.5 Å². The Morgan fingerprint density at radius 1 is 1.44 bits per heavy atom. The van der Waals surface area contributed by atoms with Gasteiger partial charge in [0.05, 0.1) is 5.41 Å². The maximum absolute atomic E-state index is 11.7. The summed E-state index contributed by atoms with van der Waals surface area (Å²) in [4.78, 5) is 19.8.